The van der Waals surface area contributed by atoms with Crippen molar-refractivity contribution in [3.8, 4) is 0 Å². The van der Waals surface area contributed by atoms with Crippen LogP contribution in [0.3, 0.4) is 0 Å². The molecule has 6 nitrogen and oxygen atoms in total. The number of benzene rings is 1. The second-order valence-corrected chi connectivity index (χ2v) is 8.97. The summed E-state index contributed by atoms with van der Waals surface area (Å²) in [7, 11) is -3.67. The van der Waals surface area contributed by atoms with Crippen LogP contribution in [0.1, 0.15) is 38.2 Å². The topological polar surface area (TPSA) is 90.5 Å². The molecule has 2 aliphatic rings. The highest BCUT2D eigenvalue weighted by Gasteiger charge is 2.40. The van der Waals surface area contributed by atoms with E-state index in [2.05, 4.69) is 6.92 Å². The van der Waals surface area contributed by atoms with Crippen molar-refractivity contribution in [2.24, 2.45) is 11.7 Å². The lowest BCUT2D eigenvalue weighted by Crippen LogP contribution is -2.45. The number of nitrogens with zero attached hydrogens (tertiary/aromatic N) is 2. The Kier molecular flexibility index (Phi) is 8.86. The van der Waals surface area contributed by atoms with E-state index in [1.165, 1.54) is 10.7 Å². The molecule has 3 N–H and O–H groups in total. The van der Waals surface area contributed by atoms with Crippen molar-refractivity contribution in [3.05, 3.63) is 29.8 Å². The molecule has 1 saturated heterocycles. The number of rotatable bonds is 5. The molecule has 1 aliphatic heterocycles. The monoisotopic (exact) mass is 436 g/mol. The van der Waals surface area contributed by atoms with Gasteiger partial charge in [0.15, 0.2) is 0 Å². The van der Waals surface area contributed by atoms with Crippen LogP contribution in [0.15, 0.2) is 29.2 Å². The summed E-state index contributed by atoms with van der Waals surface area (Å²) in [6, 6.07) is 7.15. The highest BCUT2D eigenvalue weighted by Crippen LogP contribution is 2.31. The Morgan fingerprint density at radius 1 is 1.11 bits per heavy atom. The molecule has 0 bridgehead atoms. The summed E-state index contributed by atoms with van der Waals surface area (Å²) in [6.45, 7) is 3.72. The molecule has 1 aromatic carbocycles. The Morgan fingerprint density at radius 2 is 1.74 bits per heavy atom. The van der Waals surface area contributed by atoms with Gasteiger partial charge < -0.3 is 10.6 Å². The van der Waals surface area contributed by atoms with Gasteiger partial charge in [0.25, 0.3) is 10.0 Å². The molecule has 0 amide bonds. The maximum Gasteiger partial charge on any atom is 0.266 e. The molecule has 9 heteroatoms. The fraction of sp³-hybridized carbons (Fsp3) is 0.611. The summed E-state index contributed by atoms with van der Waals surface area (Å²) in [5.74, 6) is 0.636. The molecule has 2 fully saturated rings. The molecule has 1 saturated carbocycles. The van der Waals surface area contributed by atoms with E-state index in [-0.39, 0.29) is 41.7 Å². The summed E-state index contributed by atoms with van der Waals surface area (Å²) < 4.78 is 27.2. The number of halogens is 2. The van der Waals surface area contributed by atoms with E-state index in [1.54, 1.807) is 24.3 Å². The van der Waals surface area contributed by atoms with Crippen molar-refractivity contribution in [3.63, 3.8) is 0 Å². The normalized spacial score (nSPS) is 23.0. The van der Waals surface area contributed by atoms with Crippen molar-refractivity contribution in [1.82, 2.24) is 9.21 Å². The molecule has 1 heterocycles. The van der Waals surface area contributed by atoms with Gasteiger partial charge in [0.2, 0.25) is 5.96 Å². The number of sulfonamides is 1. The van der Waals surface area contributed by atoms with Gasteiger partial charge in [-0.1, -0.05) is 31.9 Å². The van der Waals surface area contributed by atoms with Crippen LogP contribution in [-0.2, 0) is 16.4 Å². The van der Waals surface area contributed by atoms with E-state index in [4.69, 9.17) is 11.1 Å². The molecule has 2 unspecified atom stereocenters. The Hall–Kier alpha value is -1.02. The zero-order valence-corrected chi connectivity index (χ0v) is 18.1. The highest BCUT2D eigenvalue weighted by atomic mass is 35.5. The first-order valence-electron chi connectivity index (χ1n) is 9.12. The fourth-order valence-corrected chi connectivity index (χ4v) is 5.38. The summed E-state index contributed by atoms with van der Waals surface area (Å²) in [4.78, 5) is 2.24. The van der Waals surface area contributed by atoms with Crippen LogP contribution in [0.2, 0.25) is 0 Å². The SMILES string of the molecule is CC1CCCCC1N1CCN(S(=O)(=O)c2ccc(CCN)cc2)C1=N.Cl.Cl. The van der Waals surface area contributed by atoms with Crippen LogP contribution in [0.25, 0.3) is 0 Å². The van der Waals surface area contributed by atoms with Crippen molar-refractivity contribution >= 4 is 40.8 Å². The molecule has 1 aliphatic carbocycles. The second-order valence-electron chi connectivity index (χ2n) is 7.11. The predicted octanol–water partition coefficient (Wildman–Crippen LogP) is 2.85. The van der Waals surface area contributed by atoms with Gasteiger partial charge in [-0.05, 0) is 49.4 Å². The van der Waals surface area contributed by atoms with Gasteiger partial charge in [0, 0.05) is 12.6 Å². The van der Waals surface area contributed by atoms with Crippen LogP contribution in [0, 0.1) is 11.3 Å². The molecule has 2 atom stereocenters. The Labute approximate surface area is 174 Å². The summed E-state index contributed by atoms with van der Waals surface area (Å²) in [6.07, 6.45) is 5.33. The third kappa shape index (κ3) is 4.88. The average molecular weight is 437 g/mol. The number of hydrogen-bond acceptors (Lipinski definition) is 4. The molecule has 154 valence electrons. The zero-order chi connectivity index (χ0) is 18.0. The summed E-state index contributed by atoms with van der Waals surface area (Å²) >= 11 is 0. The Bertz CT molecular complexity index is 727. The van der Waals surface area contributed by atoms with Crippen LogP contribution >= 0.6 is 24.8 Å². The standard InChI is InChI=1S/C18H28N4O2S.2ClH/c1-14-4-2-3-5-17(14)21-12-13-22(18(21)20)25(23,24)16-8-6-15(7-9-16)10-11-19;;/h6-9,14,17,20H,2-5,10-13,19H2,1H3;2*1H. The van der Waals surface area contributed by atoms with E-state index < -0.39 is 10.0 Å². The van der Waals surface area contributed by atoms with Gasteiger partial charge in [-0.2, -0.15) is 0 Å². The summed E-state index contributed by atoms with van der Waals surface area (Å²) in [5, 5.41) is 8.46. The fourth-order valence-electron chi connectivity index (χ4n) is 3.99. The maximum absolute atomic E-state index is 13.0. The molecule has 0 radical (unpaired) electrons. The van der Waals surface area contributed by atoms with E-state index >= 15 is 0 Å². The lowest BCUT2D eigenvalue weighted by molar-refractivity contribution is 0.192. The van der Waals surface area contributed by atoms with Gasteiger partial charge >= 0.3 is 0 Å². The van der Waals surface area contributed by atoms with Crippen molar-refractivity contribution < 1.29 is 8.42 Å². The lowest BCUT2D eigenvalue weighted by atomic mass is 9.85. The number of guanidine groups is 1. The quantitative estimate of drug-likeness (QED) is 0.741. The predicted molar refractivity (Wildman–Crippen MR) is 113 cm³/mol. The summed E-state index contributed by atoms with van der Waals surface area (Å²) in [5.41, 5.74) is 6.56. The van der Waals surface area contributed by atoms with E-state index in [0.29, 0.717) is 25.6 Å². The smallest absolute Gasteiger partial charge is 0.266 e. The zero-order valence-electron chi connectivity index (χ0n) is 15.6. The molecular formula is C18H30Cl2N4O2S. The van der Waals surface area contributed by atoms with Crippen LogP contribution < -0.4 is 5.73 Å². The molecule has 0 aromatic heterocycles. The minimum absolute atomic E-state index is 0. The lowest BCUT2D eigenvalue weighted by Gasteiger charge is -2.37. The molecule has 27 heavy (non-hydrogen) atoms. The van der Waals surface area contributed by atoms with Gasteiger partial charge in [0.1, 0.15) is 0 Å². The third-order valence-electron chi connectivity index (χ3n) is 5.46. The van der Waals surface area contributed by atoms with Gasteiger partial charge in [-0.3, -0.25) is 5.41 Å². The second kappa shape index (κ2) is 9.96. The molecule has 3 rings (SSSR count). The Balaban J connectivity index is 0.00000182. The third-order valence-corrected chi connectivity index (χ3v) is 7.27. The first-order valence-corrected chi connectivity index (χ1v) is 10.6. The van der Waals surface area contributed by atoms with E-state index in [0.717, 1.165) is 31.2 Å². The van der Waals surface area contributed by atoms with Crippen molar-refractivity contribution in [2.45, 2.75) is 50.0 Å². The minimum Gasteiger partial charge on any atom is -0.337 e. The minimum atomic E-state index is -3.67. The first-order chi connectivity index (χ1) is 11.9. The van der Waals surface area contributed by atoms with Gasteiger partial charge in [0.05, 0.1) is 11.4 Å². The number of hydrogen-bond donors (Lipinski definition) is 2. The van der Waals surface area contributed by atoms with Crippen LogP contribution in [-0.4, -0.2) is 49.3 Å². The first kappa shape index (κ1) is 24.0. The molecule has 1 aromatic rings. The maximum atomic E-state index is 13.0. The molecule has 0 spiro atoms. The van der Waals surface area contributed by atoms with Crippen LogP contribution in [0.4, 0.5) is 0 Å². The van der Waals surface area contributed by atoms with Gasteiger partial charge in [-0.25, -0.2) is 12.7 Å². The van der Waals surface area contributed by atoms with Crippen molar-refractivity contribution in [1.29, 1.82) is 5.41 Å². The van der Waals surface area contributed by atoms with Gasteiger partial charge in [-0.15, -0.1) is 24.8 Å². The van der Waals surface area contributed by atoms with Crippen LogP contribution in [0.5, 0.6) is 0 Å². The average Bonchev–Trinajstić information content (AvgIpc) is 2.98. The largest absolute Gasteiger partial charge is 0.337 e. The number of nitrogens with one attached hydrogen (secondary N) is 1. The highest BCUT2D eigenvalue weighted by molar-refractivity contribution is 7.89. The Morgan fingerprint density at radius 3 is 2.33 bits per heavy atom. The van der Waals surface area contributed by atoms with E-state index in [9.17, 15) is 8.42 Å². The molecular weight excluding hydrogens is 407 g/mol. The number of nitrogens with two attached hydrogens (primary N) is 1. The van der Waals surface area contributed by atoms with Crippen molar-refractivity contribution in [2.75, 3.05) is 19.6 Å². The van der Waals surface area contributed by atoms with E-state index in [1.807, 2.05) is 4.90 Å².